The van der Waals surface area contributed by atoms with Crippen LogP contribution in [0.1, 0.15) is 37.8 Å². The molecule has 0 unspecified atom stereocenters. The van der Waals surface area contributed by atoms with E-state index in [0.717, 1.165) is 36.5 Å². The average Bonchev–Trinajstić information content (AvgIpc) is 2.83. The number of aromatic nitrogens is 2. The van der Waals surface area contributed by atoms with Crippen LogP contribution in [0.25, 0.3) is 10.6 Å². The Morgan fingerprint density at radius 1 is 1.35 bits per heavy atom. The summed E-state index contributed by atoms with van der Waals surface area (Å²) in [4.78, 5) is 10.4. The van der Waals surface area contributed by atoms with Crippen LogP contribution in [-0.4, -0.2) is 16.5 Å². The first-order chi connectivity index (χ1) is 9.70. The maximum absolute atomic E-state index is 4.81. The Hall–Kier alpha value is -1.26. The fourth-order valence-corrected chi connectivity index (χ4v) is 3.11. The van der Waals surface area contributed by atoms with Crippen molar-refractivity contribution >= 4 is 11.3 Å². The van der Waals surface area contributed by atoms with E-state index >= 15 is 0 Å². The van der Waals surface area contributed by atoms with Gasteiger partial charge in [0.25, 0.3) is 0 Å². The number of nitrogens with zero attached hydrogens (tertiary/aromatic N) is 2. The third kappa shape index (κ3) is 4.12. The summed E-state index contributed by atoms with van der Waals surface area (Å²) in [7, 11) is 0. The minimum Gasteiger partial charge on any atom is -0.312 e. The van der Waals surface area contributed by atoms with Gasteiger partial charge in [-0.2, -0.15) is 0 Å². The van der Waals surface area contributed by atoms with Crippen molar-refractivity contribution in [3.05, 3.63) is 35.1 Å². The highest BCUT2D eigenvalue weighted by molar-refractivity contribution is 7.15. The minimum atomic E-state index is 0.676. The van der Waals surface area contributed by atoms with Crippen LogP contribution in [0.5, 0.6) is 0 Å². The van der Waals surface area contributed by atoms with E-state index in [9.17, 15) is 0 Å². The molecule has 20 heavy (non-hydrogen) atoms. The first kappa shape index (κ1) is 15.1. The van der Waals surface area contributed by atoms with Crippen molar-refractivity contribution in [2.45, 2.75) is 40.2 Å². The third-order valence-corrected chi connectivity index (χ3v) is 4.16. The highest BCUT2D eigenvalue weighted by Crippen LogP contribution is 2.28. The number of thiazole rings is 1. The Bertz CT molecular complexity index is 520. The summed E-state index contributed by atoms with van der Waals surface area (Å²) in [6.45, 7) is 8.63. The van der Waals surface area contributed by atoms with Crippen molar-refractivity contribution in [3.8, 4) is 10.6 Å². The molecule has 0 radical (unpaired) electrons. The summed E-state index contributed by atoms with van der Waals surface area (Å²) in [5.74, 6) is 0.676. The Labute approximate surface area is 125 Å². The van der Waals surface area contributed by atoms with Gasteiger partial charge < -0.3 is 5.32 Å². The van der Waals surface area contributed by atoms with Gasteiger partial charge in [-0.25, -0.2) is 4.98 Å². The van der Waals surface area contributed by atoms with Crippen LogP contribution in [0, 0.1) is 5.92 Å². The summed E-state index contributed by atoms with van der Waals surface area (Å²) >= 11 is 1.79. The zero-order valence-electron chi connectivity index (χ0n) is 12.5. The summed E-state index contributed by atoms with van der Waals surface area (Å²) in [5, 5.41) is 4.61. The first-order valence-electron chi connectivity index (χ1n) is 7.30. The second-order valence-electron chi connectivity index (χ2n) is 5.41. The molecule has 1 N–H and O–H groups in total. The summed E-state index contributed by atoms with van der Waals surface area (Å²) in [6, 6.07) is 4.04. The fraction of sp³-hybridized carbons (Fsp3) is 0.500. The van der Waals surface area contributed by atoms with Crippen molar-refractivity contribution < 1.29 is 0 Å². The van der Waals surface area contributed by atoms with Gasteiger partial charge in [0.2, 0.25) is 0 Å². The Kier molecular flexibility index (Phi) is 5.68. The lowest BCUT2D eigenvalue weighted by atomic mass is 10.2. The predicted molar refractivity (Wildman–Crippen MR) is 85.9 cm³/mol. The molecule has 2 heterocycles. The monoisotopic (exact) mass is 289 g/mol. The van der Waals surface area contributed by atoms with Gasteiger partial charge in [0.1, 0.15) is 5.01 Å². The lowest BCUT2D eigenvalue weighted by molar-refractivity contribution is 0.553. The van der Waals surface area contributed by atoms with E-state index in [2.05, 4.69) is 37.1 Å². The summed E-state index contributed by atoms with van der Waals surface area (Å²) < 4.78 is 0. The molecule has 0 spiro atoms. The second kappa shape index (κ2) is 7.50. The van der Waals surface area contributed by atoms with E-state index in [1.165, 1.54) is 10.6 Å². The molecular formula is C16H23N3S. The molecule has 0 fully saturated rings. The first-order valence-corrected chi connectivity index (χ1v) is 8.12. The van der Waals surface area contributed by atoms with Gasteiger partial charge in [-0.05, 0) is 31.0 Å². The fourth-order valence-electron chi connectivity index (χ4n) is 2.04. The minimum absolute atomic E-state index is 0.676. The predicted octanol–water partition coefficient (Wildman–Crippen LogP) is 3.90. The molecule has 0 saturated heterocycles. The van der Waals surface area contributed by atoms with Crippen LogP contribution in [0.3, 0.4) is 0 Å². The molecule has 3 nitrogen and oxygen atoms in total. The number of hydrogen-bond donors (Lipinski definition) is 1. The van der Waals surface area contributed by atoms with Gasteiger partial charge >= 0.3 is 0 Å². The van der Waals surface area contributed by atoms with E-state index in [1.807, 2.05) is 12.3 Å². The normalized spacial score (nSPS) is 11.2. The molecule has 2 aromatic rings. The smallest absolute Gasteiger partial charge is 0.125 e. The number of nitrogens with one attached hydrogen (secondary N) is 1. The van der Waals surface area contributed by atoms with Crippen molar-refractivity contribution in [2.75, 3.05) is 6.54 Å². The molecule has 0 amide bonds. The van der Waals surface area contributed by atoms with Crippen molar-refractivity contribution in [2.24, 2.45) is 5.92 Å². The highest BCUT2D eigenvalue weighted by Gasteiger charge is 2.12. The molecule has 108 valence electrons. The molecule has 2 aromatic heterocycles. The number of pyridine rings is 1. The van der Waals surface area contributed by atoms with Gasteiger partial charge in [-0.3, -0.25) is 4.98 Å². The van der Waals surface area contributed by atoms with E-state index in [4.69, 9.17) is 4.98 Å². The van der Waals surface area contributed by atoms with E-state index in [-0.39, 0.29) is 0 Å². The topological polar surface area (TPSA) is 37.8 Å². The zero-order chi connectivity index (χ0) is 14.4. The largest absolute Gasteiger partial charge is 0.312 e. The summed E-state index contributed by atoms with van der Waals surface area (Å²) in [6.07, 6.45) is 5.87. The molecule has 0 aliphatic carbocycles. The quantitative estimate of drug-likeness (QED) is 0.840. The van der Waals surface area contributed by atoms with Crippen molar-refractivity contribution in [1.82, 2.24) is 15.3 Å². The number of hydrogen-bond acceptors (Lipinski definition) is 4. The third-order valence-electron chi connectivity index (χ3n) is 3.01. The lowest BCUT2D eigenvalue weighted by Gasteiger charge is -2.06. The standard InChI is InChI=1S/C16H23N3S/c1-4-6-14-15(11-18-9-12(2)3)20-16(19-14)13-7-5-8-17-10-13/h5,7-8,10,12,18H,4,6,9,11H2,1-3H3. The van der Waals surface area contributed by atoms with E-state index in [0.29, 0.717) is 5.92 Å². The Balaban J connectivity index is 2.15. The maximum Gasteiger partial charge on any atom is 0.125 e. The molecule has 4 heteroatoms. The van der Waals surface area contributed by atoms with Gasteiger partial charge in [-0.1, -0.05) is 27.2 Å². The highest BCUT2D eigenvalue weighted by atomic mass is 32.1. The van der Waals surface area contributed by atoms with Gasteiger partial charge in [0.15, 0.2) is 0 Å². The van der Waals surface area contributed by atoms with Crippen LogP contribution in [0.15, 0.2) is 24.5 Å². The second-order valence-corrected chi connectivity index (χ2v) is 6.49. The van der Waals surface area contributed by atoms with Crippen LogP contribution in [0.2, 0.25) is 0 Å². The molecule has 2 rings (SSSR count). The van der Waals surface area contributed by atoms with Gasteiger partial charge in [-0.15, -0.1) is 11.3 Å². The molecule has 0 saturated carbocycles. The molecule has 0 aliphatic heterocycles. The number of rotatable bonds is 7. The molecule has 0 bridgehead atoms. The van der Waals surface area contributed by atoms with Crippen molar-refractivity contribution in [1.29, 1.82) is 0 Å². The zero-order valence-corrected chi connectivity index (χ0v) is 13.3. The molecule has 0 aliphatic rings. The Morgan fingerprint density at radius 2 is 2.20 bits per heavy atom. The summed E-state index contributed by atoms with van der Waals surface area (Å²) in [5.41, 5.74) is 2.36. The van der Waals surface area contributed by atoms with Crippen molar-refractivity contribution in [3.63, 3.8) is 0 Å². The average molecular weight is 289 g/mol. The maximum atomic E-state index is 4.81. The van der Waals surface area contributed by atoms with E-state index < -0.39 is 0 Å². The van der Waals surface area contributed by atoms with E-state index in [1.54, 1.807) is 17.5 Å². The Morgan fingerprint density at radius 3 is 2.85 bits per heavy atom. The number of aryl methyl sites for hydroxylation is 1. The van der Waals surface area contributed by atoms with Gasteiger partial charge in [0.05, 0.1) is 5.69 Å². The van der Waals surface area contributed by atoms with Gasteiger partial charge in [0, 0.05) is 29.4 Å². The van der Waals surface area contributed by atoms with Crippen LogP contribution in [-0.2, 0) is 13.0 Å². The van der Waals surface area contributed by atoms with Crippen LogP contribution >= 0.6 is 11.3 Å². The SMILES string of the molecule is CCCc1nc(-c2cccnc2)sc1CNCC(C)C. The molecule has 0 atom stereocenters. The van der Waals surface area contributed by atoms with Crippen LogP contribution in [0.4, 0.5) is 0 Å². The molecule has 0 aromatic carbocycles. The molecular weight excluding hydrogens is 266 g/mol. The lowest BCUT2D eigenvalue weighted by Crippen LogP contribution is -2.19. The van der Waals surface area contributed by atoms with Crippen LogP contribution < -0.4 is 5.32 Å².